The summed E-state index contributed by atoms with van der Waals surface area (Å²) in [6.45, 7) is 1.37. The molecule has 0 aromatic heterocycles. The summed E-state index contributed by atoms with van der Waals surface area (Å²) in [5, 5.41) is 8.28. The van der Waals surface area contributed by atoms with Crippen molar-refractivity contribution in [2.24, 2.45) is 5.41 Å². The van der Waals surface area contributed by atoms with Crippen molar-refractivity contribution < 1.29 is 36.2 Å². The summed E-state index contributed by atoms with van der Waals surface area (Å²) in [4.78, 5) is 10.4. The molecule has 0 amide bonds. The molecule has 0 saturated carbocycles. The van der Waals surface area contributed by atoms with Gasteiger partial charge in [0, 0.05) is 0 Å². The molecule has 0 aliphatic heterocycles. The second kappa shape index (κ2) is 4.50. The Morgan fingerprint density at radius 1 is 1.06 bits per heavy atom. The van der Waals surface area contributed by atoms with Gasteiger partial charge in [-0.2, -0.15) is 26.3 Å². The molecular formula is C8H10F6O2. The smallest absolute Gasteiger partial charge is 0.413 e. The first-order valence-electron chi connectivity index (χ1n) is 4.37. The number of hydrogen-bond acceptors (Lipinski definition) is 1. The van der Waals surface area contributed by atoms with Gasteiger partial charge in [-0.1, -0.05) is 19.8 Å². The molecule has 2 nitrogen and oxygen atoms in total. The van der Waals surface area contributed by atoms with Crippen LogP contribution in [-0.4, -0.2) is 23.4 Å². The van der Waals surface area contributed by atoms with Crippen molar-refractivity contribution in [3.05, 3.63) is 0 Å². The second-order valence-electron chi connectivity index (χ2n) is 3.31. The quantitative estimate of drug-likeness (QED) is 0.779. The molecule has 0 aromatic carbocycles. The monoisotopic (exact) mass is 252 g/mol. The highest BCUT2D eigenvalue weighted by Gasteiger charge is 2.75. The molecule has 8 heteroatoms. The first kappa shape index (κ1) is 15.0. The molecule has 1 N–H and O–H groups in total. The van der Waals surface area contributed by atoms with Gasteiger partial charge in [0.15, 0.2) is 0 Å². The summed E-state index contributed by atoms with van der Waals surface area (Å²) >= 11 is 0. The van der Waals surface area contributed by atoms with Crippen molar-refractivity contribution in [2.75, 3.05) is 0 Å². The Morgan fingerprint density at radius 3 is 1.62 bits per heavy atom. The summed E-state index contributed by atoms with van der Waals surface area (Å²) in [6, 6.07) is 0. The van der Waals surface area contributed by atoms with Gasteiger partial charge in [-0.3, -0.25) is 4.79 Å². The number of rotatable bonds is 4. The third-order valence-electron chi connectivity index (χ3n) is 2.24. The SMILES string of the molecule is CCCCC(C(=O)O)(C(F)(F)F)C(F)(F)F. The fraction of sp³-hybridized carbons (Fsp3) is 0.875. The molecule has 0 fully saturated rings. The maximum atomic E-state index is 12.3. The minimum absolute atomic E-state index is 0.0428. The molecule has 0 aromatic rings. The fourth-order valence-electron chi connectivity index (χ4n) is 1.24. The third-order valence-corrected chi connectivity index (χ3v) is 2.24. The number of halogens is 6. The Morgan fingerprint density at radius 2 is 1.44 bits per heavy atom. The van der Waals surface area contributed by atoms with Gasteiger partial charge >= 0.3 is 18.3 Å². The van der Waals surface area contributed by atoms with E-state index < -0.39 is 36.6 Å². The van der Waals surface area contributed by atoms with Crippen molar-refractivity contribution in [2.45, 2.75) is 38.5 Å². The van der Waals surface area contributed by atoms with Gasteiger partial charge in [0.25, 0.3) is 5.41 Å². The molecular weight excluding hydrogens is 242 g/mol. The van der Waals surface area contributed by atoms with E-state index in [1.807, 2.05) is 0 Å². The highest BCUT2D eigenvalue weighted by Crippen LogP contribution is 2.53. The lowest BCUT2D eigenvalue weighted by Gasteiger charge is -2.33. The van der Waals surface area contributed by atoms with Crippen LogP contribution in [0.25, 0.3) is 0 Å². The van der Waals surface area contributed by atoms with Gasteiger partial charge < -0.3 is 5.11 Å². The Labute approximate surface area is 87.2 Å². The number of unbranched alkanes of at least 4 members (excludes halogenated alkanes) is 1. The lowest BCUT2D eigenvalue weighted by Crippen LogP contribution is -2.55. The van der Waals surface area contributed by atoms with Crippen LogP contribution in [0.15, 0.2) is 0 Å². The fourth-order valence-corrected chi connectivity index (χ4v) is 1.24. The van der Waals surface area contributed by atoms with Crippen LogP contribution in [0.1, 0.15) is 26.2 Å². The van der Waals surface area contributed by atoms with Crippen LogP contribution < -0.4 is 0 Å². The van der Waals surface area contributed by atoms with Crippen molar-refractivity contribution >= 4 is 5.97 Å². The predicted molar refractivity (Wildman–Crippen MR) is 41.7 cm³/mol. The largest absolute Gasteiger partial charge is 0.480 e. The topological polar surface area (TPSA) is 37.3 Å². The lowest BCUT2D eigenvalue weighted by molar-refractivity contribution is -0.333. The van der Waals surface area contributed by atoms with Gasteiger partial charge in [0.1, 0.15) is 0 Å². The van der Waals surface area contributed by atoms with Gasteiger partial charge in [0.2, 0.25) is 0 Å². The van der Waals surface area contributed by atoms with Crippen LogP contribution in [0.5, 0.6) is 0 Å². The van der Waals surface area contributed by atoms with Gasteiger partial charge in [-0.15, -0.1) is 0 Å². The number of carboxylic acids is 1. The minimum atomic E-state index is -5.85. The number of aliphatic carboxylic acids is 1. The zero-order chi connectivity index (χ0) is 13.2. The van der Waals surface area contributed by atoms with Gasteiger partial charge in [-0.25, -0.2) is 0 Å². The van der Waals surface area contributed by atoms with Crippen molar-refractivity contribution in [3.8, 4) is 0 Å². The van der Waals surface area contributed by atoms with Crippen molar-refractivity contribution in [1.82, 2.24) is 0 Å². The minimum Gasteiger partial charge on any atom is -0.480 e. The molecule has 0 unspecified atom stereocenters. The van der Waals surface area contributed by atoms with Gasteiger partial charge in [-0.05, 0) is 6.42 Å². The molecule has 0 radical (unpaired) electrons. The molecule has 16 heavy (non-hydrogen) atoms. The average Bonchev–Trinajstić information content (AvgIpc) is 1.99. The van der Waals surface area contributed by atoms with E-state index in [1.165, 1.54) is 6.92 Å². The highest BCUT2D eigenvalue weighted by atomic mass is 19.4. The Hall–Kier alpha value is -0.950. The van der Waals surface area contributed by atoms with Gasteiger partial charge in [0.05, 0.1) is 0 Å². The summed E-state index contributed by atoms with van der Waals surface area (Å²) in [5.74, 6) is -2.90. The summed E-state index contributed by atoms with van der Waals surface area (Å²) in [7, 11) is 0. The normalized spacial score (nSPS) is 13.9. The predicted octanol–water partition coefficient (Wildman–Crippen LogP) is 3.37. The van der Waals surface area contributed by atoms with E-state index in [1.54, 1.807) is 0 Å². The molecule has 0 saturated heterocycles. The first-order chi connectivity index (χ1) is 7.00. The number of carbonyl (C=O) groups is 1. The Balaban J connectivity index is 5.52. The summed E-state index contributed by atoms with van der Waals surface area (Å²) in [5.41, 5.74) is -4.66. The lowest BCUT2D eigenvalue weighted by atomic mass is 9.81. The van der Waals surface area contributed by atoms with E-state index in [9.17, 15) is 31.1 Å². The van der Waals surface area contributed by atoms with E-state index in [2.05, 4.69) is 0 Å². The highest BCUT2D eigenvalue weighted by molar-refractivity contribution is 5.76. The average molecular weight is 252 g/mol. The number of alkyl halides is 6. The molecule has 0 spiro atoms. The standard InChI is InChI=1S/C8H10F6O2/c1-2-3-4-6(5(15)16,7(9,10)11)8(12,13)14/h2-4H2,1H3,(H,15,16). The molecule has 0 aliphatic carbocycles. The van der Waals surface area contributed by atoms with E-state index in [4.69, 9.17) is 5.11 Å². The van der Waals surface area contributed by atoms with Crippen LogP contribution in [0.4, 0.5) is 26.3 Å². The molecule has 96 valence electrons. The van der Waals surface area contributed by atoms with E-state index in [0.29, 0.717) is 0 Å². The van der Waals surface area contributed by atoms with E-state index in [-0.39, 0.29) is 6.42 Å². The van der Waals surface area contributed by atoms with E-state index in [0.717, 1.165) is 0 Å². The first-order valence-corrected chi connectivity index (χ1v) is 4.37. The third kappa shape index (κ3) is 2.41. The summed E-state index contributed by atoms with van der Waals surface area (Å²) in [6.07, 6.45) is -13.6. The molecule has 0 heterocycles. The Kier molecular flexibility index (Phi) is 4.24. The van der Waals surface area contributed by atoms with Crippen LogP contribution in [0.3, 0.4) is 0 Å². The zero-order valence-corrected chi connectivity index (χ0v) is 8.24. The molecule has 0 aliphatic rings. The van der Waals surface area contributed by atoms with Crippen molar-refractivity contribution in [1.29, 1.82) is 0 Å². The molecule has 0 atom stereocenters. The molecule has 0 rings (SSSR count). The van der Waals surface area contributed by atoms with Crippen LogP contribution in [-0.2, 0) is 4.79 Å². The van der Waals surface area contributed by atoms with Crippen LogP contribution >= 0.6 is 0 Å². The van der Waals surface area contributed by atoms with Crippen LogP contribution in [0.2, 0.25) is 0 Å². The number of carboxylic acid groups (broad SMARTS) is 1. The van der Waals surface area contributed by atoms with E-state index >= 15 is 0 Å². The maximum Gasteiger partial charge on any atom is 0.413 e. The van der Waals surface area contributed by atoms with Crippen molar-refractivity contribution in [3.63, 3.8) is 0 Å². The Bertz CT molecular complexity index is 240. The zero-order valence-electron chi connectivity index (χ0n) is 8.24. The summed E-state index contributed by atoms with van der Waals surface area (Å²) < 4.78 is 74.1. The maximum absolute atomic E-state index is 12.3. The molecule has 0 bridgehead atoms. The van der Waals surface area contributed by atoms with Crippen LogP contribution in [0, 0.1) is 5.41 Å². The number of hydrogen-bond donors (Lipinski definition) is 1. The second-order valence-corrected chi connectivity index (χ2v) is 3.31.